The lowest BCUT2D eigenvalue weighted by atomic mass is 10.1. The highest BCUT2D eigenvalue weighted by molar-refractivity contribution is 5.87. The maximum Gasteiger partial charge on any atom is 0.241 e. The van der Waals surface area contributed by atoms with Crippen molar-refractivity contribution in [2.24, 2.45) is 0 Å². The number of likely N-dealkylation sites (N-methyl/N-ethyl adjacent to an activating group) is 2. The first-order valence-electron chi connectivity index (χ1n) is 6.78. The van der Waals surface area contributed by atoms with E-state index in [9.17, 15) is 9.59 Å². The minimum atomic E-state index is -0.109. The molecule has 1 saturated heterocycles. The van der Waals surface area contributed by atoms with Crippen molar-refractivity contribution < 1.29 is 9.59 Å². The van der Waals surface area contributed by atoms with Crippen molar-refractivity contribution >= 4 is 11.8 Å². The Kier molecular flexibility index (Phi) is 6.12. The van der Waals surface area contributed by atoms with Crippen molar-refractivity contribution in [3.8, 4) is 0 Å². The summed E-state index contributed by atoms with van der Waals surface area (Å²) in [6.45, 7) is 3.57. The SMILES string of the molecule is CCN(CC(=O)N(C)C)C(=O)C1CCCCCN1. The Bertz CT molecular complexity index is 284. The Morgan fingerprint density at radius 2 is 1.94 bits per heavy atom. The fraction of sp³-hybridized carbons (Fsp3) is 0.846. The molecule has 18 heavy (non-hydrogen) atoms. The van der Waals surface area contributed by atoms with Gasteiger partial charge in [0.1, 0.15) is 0 Å². The third-order valence-electron chi connectivity index (χ3n) is 3.38. The van der Waals surface area contributed by atoms with Crippen molar-refractivity contribution in [3.63, 3.8) is 0 Å². The summed E-state index contributed by atoms with van der Waals surface area (Å²) >= 11 is 0. The van der Waals surface area contributed by atoms with Crippen molar-refractivity contribution in [2.75, 3.05) is 33.7 Å². The number of amides is 2. The summed E-state index contributed by atoms with van der Waals surface area (Å²) in [5, 5.41) is 3.28. The smallest absolute Gasteiger partial charge is 0.241 e. The molecule has 0 aromatic carbocycles. The Hall–Kier alpha value is -1.10. The van der Waals surface area contributed by atoms with Crippen molar-refractivity contribution in [1.29, 1.82) is 0 Å². The van der Waals surface area contributed by atoms with Crippen LogP contribution in [-0.2, 0) is 9.59 Å². The Balaban J connectivity index is 2.57. The molecule has 1 aliphatic heterocycles. The van der Waals surface area contributed by atoms with E-state index in [1.807, 2.05) is 6.92 Å². The lowest BCUT2D eigenvalue weighted by molar-refractivity contribution is -0.140. The number of nitrogens with zero attached hydrogens (tertiary/aromatic N) is 2. The van der Waals surface area contributed by atoms with E-state index in [0.717, 1.165) is 25.8 Å². The lowest BCUT2D eigenvalue weighted by Gasteiger charge is -2.26. The van der Waals surface area contributed by atoms with Crippen LogP contribution in [0.2, 0.25) is 0 Å². The molecule has 0 saturated carbocycles. The molecule has 1 rings (SSSR count). The van der Waals surface area contributed by atoms with Crippen LogP contribution in [-0.4, -0.2) is 61.4 Å². The summed E-state index contributed by atoms with van der Waals surface area (Å²) in [7, 11) is 3.43. The normalized spacial score (nSPS) is 20.1. The zero-order valence-electron chi connectivity index (χ0n) is 11.7. The van der Waals surface area contributed by atoms with E-state index in [-0.39, 0.29) is 24.4 Å². The average molecular weight is 255 g/mol. The minimum absolute atomic E-state index is 0.0289. The van der Waals surface area contributed by atoms with Crippen LogP contribution >= 0.6 is 0 Å². The standard InChI is InChI=1S/C13H25N3O2/c1-4-16(10-12(17)15(2)3)13(18)11-8-6-5-7-9-14-11/h11,14H,4-10H2,1-3H3. The van der Waals surface area contributed by atoms with Gasteiger partial charge in [-0.25, -0.2) is 0 Å². The van der Waals surface area contributed by atoms with Crippen molar-refractivity contribution in [2.45, 2.75) is 38.6 Å². The Labute approximate surface area is 110 Å². The second kappa shape index (κ2) is 7.36. The molecule has 0 aromatic rings. The maximum absolute atomic E-state index is 12.3. The highest BCUT2D eigenvalue weighted by Gasteiger charge is 2.25. The lowest BCUT2D eigenvalue weighted by Crippen LogP contribution is -2.49. The van der Waals surface area contributed by atoms with Gasteiger partial charge in [0.15, 0.2) is 0 Å². The van der Waals surface area contributed by atoms with E-state index in [2.05, 4.69) is 5.32 Å². The zero-order chi connectivity index (χ0) is 13.5. The zero-order valence-corrected chi connectivity index (χ0v) is 11.7. The molecule has 0 bridgehead atoms. The summed E-state index contributed by atoms with van der Waals surface area (Å²) in [5.74, 6) is 0.0356. The third kappa shape index (κ3) is 4.29. The van der Waals surface area contributed by atoms with Crippen LogP contribution in [0.5, 0.6) is 0 Å². The molecule has 0 spiro atoms. The highest BCUT2D eigenvalue weighted by Crippen LogP contribution is 2.10. The molecule has 1 N–H and O–H groups in total. The molecule has 104 valence electrons. The summed E-state index contributed by atoms with van der Waals surface area (Å²) in [4.78, 5) is 27.2. The average Bonchev–Trinajstić information content (AvgIpc) is 2.63. The number of nitrogens with one attached hydrogen (secondary N) is 1. The monoisotopic (exact) mass is 255 g/mol. The summed E-state index contributed by atoms with van der Waals surface area (Å²) < 4.78 is 0. The van der Waals surface area contributed by atoms with Crippen LogP contribution in [0.1, 0.15) is 32.6 Å². The van der Waals surface area contributed by atoms with Gasteiger partial charge >= 0.3 is 0 Å². The summed E-state index contributed by atoms with van der Waals surface area (Å²) in [5.41, 5.74) is 0. The fourth-order valence-electron chi connectivity index (χ4n) is 2.11. The van der Waals surface area contributed by atoms with E-state index in [1.54, 1.807) is 19.0 Å². The number of hydrogen-bond donors (Lipinski definition) is 1. The van der Waals surface area contributed by atoms with Crippen molar-refractivity contribution in [3.05, 3.63) is 0 Å². The number of carbonyl (C=O) groups is 2. The number of hydrogen-bond acceptors (Lipinski definition) is 3. The minimum Gasteiger partial charge on any atom is -0.347 e. The Morgan fingerprint density at radius 1 is 1.22 bits per heavy atom. The molecule has 1 heterocycles. The first-order valence-corrected chi connectivity index (χ1v) is 6.78. The van der Waals surface area contributed by atoms with Crippen LogP contribution < -0.4 is 5.32 Å². The number of rotatable bonds is 4. The van der Waals surface area contributed by atoms with E-state index >= 15 is 0 Å². The molecular weight excluding hydrogens is 230 g/mol. The van der Waals surface area contributed by atoms with Gasteiger partial charge in [0.2, 0.25) is 11.8 Å². The second-order valence-corrected chi connectivity index (χ2v) is 5.00. The van der Waals surface area contributed by atoms with Gasteiger partial charge in [0.25, 0.3) is 0 Å². The van der Waals surface area contributed by atoms with Gasteiger partial charge < -0.3 is 15.1 Å². The summed E-state index contributed by atoms with van der Waals surface area (Å²) in [6.07, 6.45) is 4.28. The molecule has 1 fully saturated rings. The van der Waals surface area contributed by atoms with Gasteiger partial charge in [-0.15, -0.1) is 0 Å². The van der Waals surface area contributed by atoms with Crippen LogP contribution in [0.3, 0.4) is 0 Å². The summed E-state index contributed by atoms with van der Waals surface area (Å²) in [6, 6.07) is -0.109. The van der Waals surface area contributed by atoms with Gasteiger partial charge in [0.05, 0.1) is 12.6 Å². The van der Waals surface area contributed by atoms with Gasteiger partial charge in [-0.05, 0) is 26.3 Å². The van der Waals surface area contributed by atoms with E-state index in [1.165, 1.54) is 11.3 Å². The van der Waals surface area contributed by atoms with E-state index in [0.29, 0.717) is 6.54 Å². The molecule has 1 aliphatic rings. The first-order chi connectivity index (χ1) is 8.56. The molecule has 5 heteroatoms. The van der Waals surface area contributed by atoms with E-state index < -0.39 is 0 Å². The molecular formula is C13H25N3O2. The molecule has 0 aliphatic carbocycles. The maximum atomic E-state index is 12.3. The van der Waals surface area contributed by atoms with Crippen LogP contribution in [0.25, 0.3) is 0 Å². The fourth-order valence-corrected chi connectivity index (χ4v) is 2.11. The quantitative estimate of drug-likeness (QED) is 0.794. The first kappa shape index (κ1) is 15.0. The molecule has 1 unspecified atom stereocenters. The van der Waals surface area contributed by atoms with Crippen molar-refractivity contribution in [1.82, 2.24) is 15.1 Å². The van der Waals surface area contributed by atoms with Crippen LogP contribution in [0.15, 0.2) is 0 Å². The molecule has 2 amide bonds. The predicted octanol–water partition coefficient (Wildman–Crippen LogP) is 0.455. The van der Waals surface area contributed by atoms with Gasteiger partial charge in [-0.1, -0.05) is 12.8 Å². The molecule has 0 radical (unpaired) electrons. The van der Waals surface area contributed by atoms with E-state index in [4.69, 9.17) is 0 Å². The molecule has 0 aromatic heterocycles. The van der Waals surface area contributed by atoms with Crippen LogP contribution in [0.4, 0.5) is 0 Å². The van der Waals surface area contributed by atoms with Gasteiger partial charge in [-0.2, -0.15) is 0 Å². The topological polar surface area (TPSA) is 52.7 Å². The largest absolute Gasteiger partial charge is 0.347 e. The molecule has 1 atom stereocenters. The number of carbonyl (C=O) groups excluding carboxylic acids is 2. The third-order valence-corrected chi connectivity index (χ3v) is 3.38. The second-order valence-electron chi connectivity index (χ2n) is 5.00. The van der Waals surface area contributed by atoms with Gasteiger partial charge in [0, 0.05) is 20.6 Å². The Morgan fingerprint density at radius 3 is 2.56 bits per heavy atom. The van der Waals surface area contributed by atoms with Crippen LogP contribution in [0, 0.1) is 0 Å². The van der Waals surface area contributed by atoms with Gasteiger partial charge in [-0.3, -0.25) is 9.59 Å². The predicted molar refractivity (Wildman–Crippen MR) is 71.2 cm³/mol. The highest BCUT2D eigenvalue weighted by atomic mass is 16.2. The molecule has 5 nitrogen and oxygen atoms in total.